The molecule has 10 heteroatoms. The summed E-state index contributed by atoms with van der Waals surface area (Å²) in [5.74, 6) is 0. The zero-order valence-corrected chi connectivity index (χ0v) is 6.34. The lowest BCUT2D eigenvalue weighted by Gasteiger charge is -1.95. The van der Waals surface area contributed by atoms with Crippen LogP contribution in [0, 0.1) is 0 Å². The van der Waals surface area contributed by atoms with E-state index in [2.05, 4.69) is 0 Å². The summed E-state index contributed by atoms with van der Waals surface area (Å²) in [4.78, 5) is 9.41. The zero-order valence-electron chi connectivity index (χ0n) is 4.71. The monoisotopic (exact) mass is 208 g/mol. The first-order valence-electron chi connectivity index (χ1n) is 1.91. The van der Waals surface area contributed by atoms with Gasteiger partial charge >= 0.3 is 16.6 Å². The molecule has 0 aliphatic carbocycles. The molecule has 0 aromatic rings. The molecule has 0 rings (SSSR count). The maximum Gasteiger partial charge on any atom is 0.410 e. The fourth-order valence-corrected chi connectivity index (χ4v) is 1.22. The van der Waals surface area contributed by atoms with Gasteiger partial charge in [0.1, 0.15) is 0 Å². The molecular formula is CH2F2N2O4S2. The molecule has 2 N–H and O–H groups in total. The Kier molecular flexibility index (Phi) is 3.48. The van der Waals surface area contributed by atoms with Gasteiger partial charge in [0, 0.05) is 0 Å². The average molecular weight is 208 g/mol. The van der Waals surface area contributed by atoms with Gasteiger partial charge in [-0.15, -0.1) is 4.39 Å². The summed E-state index contributed by atoms with van der Waals surface area (Å²) in [6, 6.07) is 0. The van der Waals surface area contributed by atoms with Crippen LogP contribution < -0.4 is 8.85 Å². The van der Waals surface area contributed by atoms with E-state index in [0.29, 0.717) is 0 Å². The molecule has 11 heavy (non-hydrogen) atoms. The molecule has 0 aliphatic rings. The van der Waals surface area contributed by atoms with Crippen molar-refractivity contribution in [2.75, 3.05) is 0 Å². The number of carbonyl (C=O) groups is 1. The summed E-state index contributed by atoms with van der Waals surface area (Å²) in [6.45, 7) is 0. The van der Waals surface area contributed by atoms with Crippen LogP contribution in [0.25, 0.3) is 0 Å². The number of halogens is 2. The number of carbonyl (C=O) groups excluding carboxylic acids is 1. The number of nitrogens with one attached hydrogen (secondary N) is 2. The Morgan fingerprint density at radius 2 is 1.91 bits per heavy atom. The molecule has 0 aromatic carbocycles. The normalized spacial score (nSPS) is 14.0. The first-order chi connectivity index (χ1) is 4.81. The van der Waals surface area contributed by atoms with Crippen LogP contribution in [0.5, 0.6) is 0 Å². The van der Waals surface area contributed by atoms with Crippen molar-refractivity contribution in [1.82, 2.24) is 8.85 Å². The molecule has 66 valence electrons. The number of rotatable bonds is 3. The van der Waals surface area contributed by atoms with Gasteiger partial charge in [0.2, 0.25) is 11.2 Å². The van der Waals surface area contributed by atoms with Crippen molar-refractivity contribution >= 4 is 27.7 Å². The highest BCUT2D eigenvalue weighted by Gasteiger charge is 2.12. The molecule has 0 spiro atoms. The van der Waals surface area contributed by atoms with Crippen LogP contribution >= 0.6 is 0 Å². The second-order valence-electron chi connectivity index (χ2n) is 1.17. The van der Waals surface area contributed by atoms with Gasteiger partial charge in [0.05, 0.1) is 0 Å². The summed E-state index contributed by atoms with van der Waals surface area (Å²) in [7, 11) is -5.20. The quantitative estimate of drug-likeness (QED) is 0.462. The minimum absolute atomic E-state index is 0.756. The van der Waals surface area contributed by atoms with Crippen LogP contribution in [0.1, 0.15) is 0 Å². The van der Waals surface area contributed by atoms with E-state index in [9.17, 15) is 25.7 Å². The lowest BCUT2D eigenvalue weighted by Crippen LogP contribution is -2.34. The van der Waals surface area contributed by atoms with Gasteiger partial charge in [0.25, 0.3) is 0 Å². The summed E-state index contributed by atoms with van der Waals surface area (Å²) in [6.07, 6.45) is -2.24. The topological polar surface area (TPSA) is 92.3 Å². The number of hydrogen-bond acceptors (Lipinski definition) is 4. The van der Waals surface area contributed by atoms with Crippen molar-refractivity contribution in [3.8, 4) is 0 Å². The predicted molar refractivity (Wildman–Crippen MR) is 30.9 cm³/mol. The second-order valence-corrected chi connectivity index (χ2v) is 3.45. The highest BCUT2D eigenvalue weighted by molar-refractivity contribution is 7.98. The summed E-state index contributed by atoms with van der Waals surface area (Å²) in [5.41, 5.74) is 0. The van der Waals surface area contributed by atoms with Crippen LogP contribution in [0.3, 0.4) is 0 Å². The molecule has 1 unspecified atom stereocenters. The van der Waals surface area contributed by atoms with Gasteiger partial charge in [-0.1, -0.05) is 8.01 Å². The van der Waals surface area contributed by atoms with E-state index >= 15 is 0 Å². The third-order valence-electron chi connectivity index (χ3n) is 0.348. The van der Waals surface area contributed by atoms with E-state index in [1.165, 1.54) is 0 Å². The van der Waals surface area contributed by atoms with Gasteiger partial charge in [-0.05, 0) is 0 Å². The van der Waals surface area contributed by atoms with Gasteiger partial charge in [-0.3, -0.25) is 0 Å². The van der Waals surface area contributed by atoms with E-state index in [1.807, 2.05) is 0 Å². The number of amides is 1. The molecule has 0 aromatic heterocycles. The zero-order chi connectivity index (χ0) is 9.07. The van der Waals surface area contributed by atoms with Crippen molar-refractivity contribution < 1.29 is 25.7 Å². The Balaban J connectivity index is 4.01. The molecule has 0 fully saturated rings. The first kappa shape index (κ1) is 10.4. The molecule has 0 heterocycles. The highest BCUT2D eigenvalue weighted by atomic mass is 32.3. The first-order valence-corrected chi connectivity index (χ1v) is 4.44. The Hall–Kier alpha value is -0.610. The lowest BCUT2D eigenvalue weighted by atomic mass is 11.4. The molecule has 1 atom stereocenters. The standard InChI is InChI=1S/CH2F2N2O4S2/c2-1(6)4-10(7)5-11(3,8)9/h5H,(H,4,6). The smallest absolute Gasteiger partial charge is 0.233 e. The fraction of sp³-hybridized carbons (Fsp3) is 0. The molecule has 0 aliphatic heterocycles. The van der Waals surface area contributed by atoms with Gasteiger partial charge < -0.3 is 0 Å². The van der Waals surface area contributed by atoms with Crippen molar-refractivity contribution in [3.05, 3.63) is 0 Å². The number of hydrogen-bond donors (Lipinski definition) is 2. The van der Waals surface area contributed by atoms with E-state index < -0.39 is 27.7 Å². The average Bonchev–Trinajstić information content (AvgIpc) is 1.53. The van der Waals surface area contributed by atoms with Crippen LogP contribution in [0.15, 0.2) is 0 Å². The van der Waals surface area contributed by atoms with Crippen molar-refractivity contribution in [1.29, 1.82) is 0 Å². The molecule has 0 bridgehead atoms. The fourth-order valence-electron chi connectivity index (χ4n) is 0.184. The van der Waals surface area contributed by atoms with E-state index in [-0.39, 0.29) is 0 Å². The maximum atomic E-state index is 11.5. The van der Waals surface area contributed by atoms with Gasteiger partial charge in [-0.25, -0.2) is 13.7 Å². The Morgan fingerprint density at radius 3 is 2.18 bits per heavy atom. The highest BCUT2D eigenvalue weighted by Crippen LogP contribution is 1.84. The van der Waals surface area contributed by atoms with Gasteiger partial charge in [-0.2, -0.15) is 8.42 Å². The maximum absolute atomic E-state index is 11.5. The largest absolute Gasteiger partial charge is 0.410 e. The lowest BCUT2D eigenvalue weighted by molar-refractivity contribution is 0.227. The summed E-state index contributed by atoms with van der Waals surface area (Å²) in [5, 5.41) is 0. The van der Waals surface area contributed by atoms with Gasteiger partial charge in [0.15, 0.2) is 0 Å². The van der Waals surface area contributed by atoms with Crippen LogP contribution in [0.2, 0.25) is 0 Å². The van der Waals surface area contributed by atoms with E-state index in [4.69, 9.17) is 0 Å². The Labute approximate surface area is 63.0 Å². The van der Waals surface area contributed by atoms with E-state index in [1.54, 1.807) is 0 Å². The van der Waals surface area contributed by atoms with Crippen LogP contribution in [-0.4, -0.2) is 18.8 Å². The summed E-state index contributed by atoms with van der Waals surface area (Å²) < 4.78 is 53.6. The SMILES string of the molecule is O=C(F)NS(=O)NS(=O)(=O)F. The van der Waals surface area contributed by atoms with E-state index in [0.717, 1.165) is 8.85 Å². The Bertz CT molecular complexity index is 272. The molecule has 1 amide bonds. The molecule has 0 radical (unpaired) electrons. The second kappa shape index (κ2) is 3.69. The third kappa shape index (κ3) is 7.29. The van der Waals surface area contributed by atoms with Crippen molar-refractivity contribution in [2.24, 2.45) is 0 Å². The van der Waals surface area contributed by atoms with Crippen molar-refractivity contribution in [3.63, 3.8) is 0 Å². The molecule has 6 nitrogen and oxygen atoms in total. The van der Waals surface area contributed by atoms with Crippen molar-refractivity contribution in [2.45, 2.75) is 0 Å². The molecular weight excluding hydrogens is 206 g/mol. The molecule has 0 saturated heterocycles. The minimum atomic E-state index is -5.20. The third-order valence-corrected chi connectivity index (χ3v) is 2.10. The summed E-state index contributed by atoms with van der Waals surface area (Å²) >= 11 is -2.81. The predicted octanol–water partition coefficient (Wildman–Crippen LogP) is -0.952. The van der Waals surface area contributed by atoms with Crippen LogP contribution in [0.4, 0.5) is 13.1 Å². The Morgan fingerprint density at radius 1 is 1.45 bits per heavy atom. The minimum Gasteiger partial charge on any atom is -0.233 e. The van der Waals surface area contributed by atoms with Crippen LogP contribution in [-0.2, 0) is 21.6 Å². The molecule has 0 saturated carbocycles.